The van der Waals surface area contributed by atoms with Crippen molar-refractivity contribution in [2.45, 2.75) is 6.61 Å². The number of fused-ring (bicyclic) bond motifs is 1. The number of nitrogens with zero attached hydrogens (tertiary/aromatic N) is 2. The van der Waals surface area contributed by atoms with Crippen molar-refractivity contribution >= 4 is 21.6 Å². The van der Waals surface area contributed by atoms with Gasteiger partial charge in [-0.2, -0.15) is 0 Å². The van der Waals surface area contributed by atoms with Gasteiger partial charge in [0.05, 0.1) is 11.9 Å². The van der Waals surface area contributed by atoms with Crippen LogP contribution >= 0.6 is 15.9 Å². The molecule has 0 aliphatic rings. The molecule has 0 amide bonds. The van der Waals surface area contributed by atoms with E-state index in [2.05, 4.69) is 20.9 Å². The molecule has 0 atom stereocenters. The lowest BCUT2D eigenvalue weighted by atomic mass is 10.3. The Morgan fingerprint density at radius 3 is 3.00 bits per heavy atom. The predicted octanol–water partition coefficient (Wildman–Crippen LogP) is 3.38. The molecule has 0 fully saturated rings. The molecule has 5 heteroatoms. The lowest BCUT2D eigenvalue weighted by Crippen LogP contribution is -1.99. The highest BCUT2D eigenvalue weighted by Crippen LogP contribution is 2.20. The third-order valence-corrected chi connectivity index (χ3v) is 3.25. The van der Waals surface area contributed by atoms with Crippen molar-refractivity contribution in [1.82, 2.24) is 9.38 Å². The van der Waals surface area contributed by atoms with E-state index in [-0.39, 0.29) is 5.75 Å². The standard InChI is InChI=1S/C14H11BrN2O2/c15-10-4-5-17-11(8-16-14(17)6-10)9-19-13-3-1-2-12(18)7-13/h1-8,18H,9H2. The summed E-state index contributed by atoms with van der Waals surface area (Å²) >= 11 is 3.41. The van der Waals surface area contributed by atoms with E-state index in [1.165, 1.54) is 0 Å². The van der Waals surface area contributed by atoms with Crippen LogP contribution in [-0.4, -0.2) is 14.5 Å². The number of rotatable bonds is 3. The first-order valence-corrected chi connectivity index (χ1v) is 6.55. The Bertz CT molecular complexity index is 724. The number of ether oxygens (including phenoxy) is 1. The smallest absolute Gasteiger partial charge is 0.138 e. The average Bonchev–Trinajstić information content (AvgIpc) is 2.78. The van der Waals surface area contributed by atoms with Gasteiger partial charge in [0, 0.05) is 16.7 Å². The molecule has 2 aromatic heterocycles. The number of phenols is 1. The van der Waals surface area contributed by atoms with Crippen molar-refractivity contribution in [3.63, 3.8) is 0 Å². The molecule has 0 saturated carbocycles. The normalized spacial score (nSPS) is 10.8. The molecule has 0 radical (unpaired) electrons. The van der Waals surface area contributed by atoms with Gasteiger partial charge in [-0.25, -0.2) is 4.98 Å². The van der Waals surface area contributed by atoms with E-state index in [1.807, 2.05) is 22.7 Å². The zero-order valence-corrected chi connectivity index (χ0v) is 11.5. The van der Waals surface area contributed by atoms with E-state index in [4.69, 9.17) is 4.74 Å². The number of imidazole rings is 1. The van der Waals surface area contributed by atoms with E-state index in [1.54, 1.807) is 30.5 Å². The third-order valence-electron chi connectivity index (χ3n) is 2.76. The third kappa shape index (κ3) is 2.56. The Balaban J connectivity index is 1.82. The van der Waals surface area contributed by atoms with Gasteiger partial charge in [-0.05, 0) is 24.3 Å². The van der Waals surface area contributed by atoms with Crippen LogP contribution in [0.5, 0.6) is 11.5 Å². The van der Waals surface area contributed by atoms with E-state index in [9.17, 15) is 5.11 Å². The van der Waals surface area contributed by atoms with Crippen molar-refractivity contribution in [1.29, 1.82) is 0 Å². The molecule has 0 bridgehead atoms. The maximum absolute atomic E-state index is 9.37. The SMILES string of the molecule is Oc1cccc(OCc2cnc3cc(Br)ccn23)c1. The highest BCUT2D eigenvalue weighted by atomic mass is 79.9. The van der Waals surface area contributed by atoms with Crippen molar-refractivity contribution in [3.05, 3.63) is 59.0 Å². The molecule has 4 nitrogen and oxygen atoms in total. The monoisotopic (exact) mass is 318 g/mol. The molecule has 0 aliphatic carbocycles. The molecule has 0 spiro atoms. The molecular formula is C14H11BrN2O2. The number of benzene rings is 1. The van der Waals surface area contributed by atoms with Crippen molar-refractivity contribution in [2.75, 3.05) is 0 Å². The van der Waals surface area contributed by atoms with Crippen LogP contribution in [0.25, 0.3) is 5.65 Å². The van der Waals surface area contributed by atoms with E-state index >= 15 is 0 Å². The van der Waals surface area contributed by atoms with Crippen LogP contribution in [0, 0.1) is 0 Å². The highest BCUT2D eigenvalue weighted by Gasteiger charge is 2.04. The summed E-state index contributed by atoms with van der Waals surface area (Å²) in [6, 6.07) is 10.6. The van der Waals surface area contributed by atoms with Crippen LogP contribution in [0.15, 0.2) is 53.3 Å². The van der Waals surface area contributed by atoms with Crippen LogP contribution in [-0.2, 0) is 6.61 Å². The number of pyridine rings is 1. The van der Waals surface area contributed by atoms with Gasteiger partial charge in [-0.3, -0.25) is 0 Å². The van der Waals surface area contributed by atoms with Gasteiger partial charge in [0.2, 0.25) is 0 Å². The van der Waals surface area contributed by atoms with Gasteiger partial charge in [0.25, 0.3) is 0 Å². The molecule has 1 N–H and O–H groups in total. The molecule has 96 valence electrons. The maximum atomic E-state index is 9.37. The average molecular weight is 319 g/mol. The number of phenolic OH excluding ortho intramolecular Hbond substituents is 1. The maximum Gasteiger partial charge on any atom is 0.138 e. The summed E-state index contributed by atoms with van der Waals surface area (Å²) in [4.78, 5) is 4.31. The van der Waals surface area contributed by atoms with E-state index in [0.29, 0.717) is 12.4 Å². The summed E-state index contributed by atoms with van der Waals surface area (Å²) in [5.41, 5.74) is 1.81. The van der Waals surface area contributed by atoms with Crippen molar-refractivity contribution in [3.8, 4) is 11.5 Å². The number of aromatic hydroxyl groups is 1. The fourth-order valence-corrected chi connectivity index (χ4v) is 2.17. The number of aromatic nitrogens is 2. The topological polar surface area (TPSA) is 46.8 Å². The largest absolute Gasteiger partial charge is 0.508 e. The van der Waals surface area contributed by atoms with Gasteiger partial charge < -0.3 is 14.2 Å². The zero-order valence-electron chi connectivity index (χ0n) is 9.95. The second-order valence-electron chi connectivity index (χ2n) is 4.11. The summed E-state index contributed by atoms with van der Waals surface area (Å²) in [6.07, 6.45) is 3.72. The van der Waals surface area contributed by atoms with Gasteiger partial charge >= 0.3 is 0 Å². The van der Waals surface area contributed by atoms with Gasteiger partial charge in [-0.15, -0.1) is 0 Å². The fraction of sp³-hybridized carbons (Fsp3) is 0.0714. The predicted molar refractivity (Wildman–Crippen MR) is 75.3 cm³/mol. The molecule has 0 aliphatic heterocycles. The summed E-state index contributed by atoms with van der Waals surface area (Å²) in [6.45, 7) is 0.395. The Morgan fingerprint density at radius 1 is 1.26 bits per heavy atom. The van der Waals surface area contributed by atoms with Gasteiger partial charge in [-0.1, -0.05) is 22.0 Å². The molecule has 3 rings (SSSR count). The van der Waals surface area contributed by atoms with Crippen molar-refractivity contribution in [2.24, 2.45) is 0 Å². The first-order valence-electron chi connectivity index (χ1n) is 5.76. The Hall–Kier alpha value is -2.01. The summed E-state index contributed by atoms with van der Waals surface area (Å²) in [7, 11) is 0. The molecule has 0 unspecified atom stereocenters. The Labute approximate surface area is 118 Å². The minimum absolute atomic E-state index is 0.194. The second kappa shape index (κ2) is 4.93. The number of hydrogen-bond acceptors (Lipinski definition) is 3. The van der Waals surface area contributed by atoms with Crippen LogP contribution in [0.3, 0.4) is 0 Å². The highest BCUT2D eigenvalue weighted by molar-refractivity contribution is 9.10. The first-order chi connectivity index (χ1) is 9.22. The molecule has 2 heterocycles. The molecule has 3 aromatic rings. The van der Waals surface area contributed by atoms with Crippen LogP contribution in [0.4, 0.5) is 0 Å². The van der Waals surface area contributed by atoms with Gasteiger partial charge in [0.15, 0.2) is 0 Å². The lowest BCUT2D eigenvalue weighted by molar-refractivity contribution is 0.298. The first kappa shape index (κ1) is 12.0. The molecular weight excluding hydrogens is 308 g/mol. The Kier molecular flexibility index (Phi) is 3.13. The quantitative estimate of drug-likeness (QED) is 0.805. The van der Waals surface area contributed by atoms with Crippen LogP contribution in [0.2, 0.25) is 0 Å². The zero-order chi connectivity index (χ0) is 13.2. The summed E-state index contributed by atoms with van der Waals surface area (Å²) < 4.78 is 8.59. The minimum Gasteiger partial charge on any atom is -0.508 e. The minimum atomic E-state index is 0.194. The summed E-state index contributed by atoms with van der Waals surface area (Å²) in [5, 5.41) is 9.37. The van der Waals surface area contributed by atoms with Crippen LogP contribution in [0.1, 0.15) is 5.69 Å². The lowest BCUT2D eigenvalue weighted by Gasteiger charge is -2.06. The van der Waals surface area contributed by atoms with Gasteiger partial charge in [0.1, 0.15) is 23.8 Å². The Morgan fingerprint density at radius 2 is 2.16 bits per heavy atom. The molecule has 0 saturated heterocycles. The summed E-state index contributed by atoms with van der Waals surface area (Å²) in [5.74, 6) is 0.826. The van der Waals surface area contributed by atoms with E-state index in [0.717, 1.165) is 15.8 Å². The van der Waals surface area contributed by atoms with Crippen molar-refractivity contribution < 1.29 is 9.84 Å². The fourth-order valence-electron chi connectivity index (χ4n) is 1.85. The van der Waals surface area contributed by atoms with Crippen LogP contribution < -0.4 is 4.74 Å². The molecule has 1 aromatic carbocycles. The van der Waals surface area contributed by atoms with E-state index < -0.39 is 0 Å². The molecule has 19 heavy (non-hydrogen) atoms. The second-order valence-corrected chi connectivity index (χ2v) is 5.02. The number of halogens is 1. The number of hydrogen-bond donors (Lipinski definition) is 1.